The Bertz CT molecular complexity index is 1710. The Kier molecular flexibility index (Phi) is 9.08. The molecule has 3 heterocycles. The number of likely N-dealkylation sites (tertiary alicyclic amines) is 1. The van der Waals surface area contributed by atoms with Crippen LogP contribution < -0.4 is 24.8 Å². The molecule has 2 atom stereocenters. The fourth-order valence-electron chi connectivity index (χ4n) is 5.59. The lowest BCUT2D eigenvalue weighted by molar-refractivity contribution is -0.125. The Balaban J connectivity index is 1.24. The van der Waals surface area contributed by atoms with Gasteiger partial charge in [-0.15, -0.1) is 0 Å². The van der Waals surface area contributed by atoms with Gasteiger partial charge in [-0.3, -0.25) is 19.5 Å². The number of aromatic amines is 1. The Hall–Kier alpha value is -5.46. The van der Waals surface area contributed by atoms with Gasteiger partial charge in [-0.05, 0) is 53.9 Å². The summed E-state index contributed by atoms with van der Waals surface area (Å²) in [6.07, 6.45) is 1.82. The Morgan fingerprint density at radius 1 is 1.02 bits per heavy atom. The lowest BCUT2D eigenvalue weighted by Crippen LogP contribution is -2.58. The first-order chi connectivity index (χ1) is 22.3. The standard InChI is InChI=1S/C33H33FN6O6/c1-44-28-8-2-20-3-9-30(41)35-16-21-12-24(34)15-25(13-21)46-27-10-11-40(17-26(27)38-31(42)18-45-29(28)14-20)33(43)23-6-4-22(5-7-23)32-36-19-37-39-32/h2,4-8,12-15,19,26-27H,3,9-11,16-18H2,1H3,(H,35,41)(H,38,42)(H,36,37,39)/t26-,27-/m1/s1. The first-order valence-electron chi connectivity index (χ1n) is 14.9. The van der Waals surface area contributed by atoms with E-state index < -0.39 is 23.9 Å². The second kappa shape index (κ2) is 13.7. The number of methoxy groups -OCH3 is 1. The van der Waals surface area contributed by atoms with Gasteiger partial charge in [0.2, 0.25) is 5.91 Å². The number of ether oxygens (including phenoxy) is 3. The van der Waals surface area contributed by atoms with Crippen LogP contribution in [0.2, 0.25) is 0 Å². The van der Waals surface area contributed by atoms with Gasteiger partial charge in [0, 0.05) is 49.7 Å². The monoisotopic (exact) mass is 628 g/mol. The number of rotatable bonds is 3. The van der Waals surface area contributed by atoms with Crippen LogP contribution in [-0.2, 0) is 22.6 Å². The maximum atomic E-state index is 14.6. The van der Waals surface area contributed by atoms with Crippen LogP contribution in [0, 0.1) is 5.82 Å². The molecule has 2 aliphatic rings. The molecule has 3 aromatic carbocycles. The third-order valence-corrected chi connectivity index (χ3v) is 7.94. The predicted molar refractivity (Wildman–Crippen MR) is 164 cm³/mol. The maximum absolute atomic E-state index is 14.6. The minimum absolute atomic E-state index is 0.117. The molecule has 12 nitrogen and oxygen atoms in total. The number of hydrogen-bond donors (Lipinski definition) is 3. The van der Waals surface area contributed by atoms with Crippen molar-refractivity contribution in [2.45, 2.75) is 38.0 Å². The SMILES string of the molecule is COc1ccc2cc1OCC(=O)N[C@@H]1CN(C(=O)c3ccc(-c4ncn[nH]4)cc3)CC[C@H]1Oc1cc(F)cc(c1)CNC(=O)CC2. The van der Waals surface area contributed by atoms with E-state index in [1.807, 2.05) is 6.07 Å². The number of nitrogens with one attached hydrogen (secondary N) is 3. The molecule has 1 saturated heterocycles. The van der Waals surface area contributed by atoms with Crippen molar-refractivity contribution in [2.75, 3.05) is 26.8 Å². The maximum Gasteiger partial charge on any atom is 0.258 e. The molecule has 0 spiro atoms. The van der Waals surface area contributed by atoms with Crippen molar-refractivity contribution in [2.24, 2.45) is 0 Å². The number of carbonyl (C=O) groups is 3. The van der Waals surface area contributed by atoms with E-state index in [1.54, 1.807) is 47.4 Å². The fraction of sp³-hybridized carbons (Fsp3) is 0.303. The van der Waals surface area contributed by atoms with Crippen molar-refractivity contribution in [3.05, 3.63) is 89.5 Å². The summed E-state index contributed by atoms with van der Waals surface area (Å²) in [7, 11) is 1.50. The summed E-state index contributed by atoms with van der Waals surface area (Å²) in [6.45, 7) is 0.283. The summed E-state index contributed by atoms with van der Waals surface area (Å²) in [5, 5.41) is 12.5. The van der Waals surface area contributed by atoms with E-state index in [1.165, 1.54) is 25.6 Å². The number of halogens is 1. The first-order valence-corrected chi connectivity index (χ1v) is 14.9. The average molecular weight is 629 g/mol. The highest BCUT2D eigenvalue weighted by Crippen LogP contribution is 2.29. The molecular weight excluding hydrogens is 595 g/mol. The predicted octanol–water partition coefficient (Wildman–Crippen LogP) is 3.04. The largest absolute Gasteiger partial charge is 0.493 e. The highest BCUT2D eigenvalue weighted by atomic mass is 19.1. The van der Waals surface area contributed by atoms with Gasteiger partial charge >= 0.3 is 0 Å². The molecule has 0 aliphatic carbocycles. The van der Waals surface area contributed by atoms with Crippen molar-refractivity contribution in [3.8, 4) is 28.6 Å². The second-order valence-corrected chi connectivity index (χ2v) is 11.1. The smallest absolute Gasteiger partial charge is 0.258 e. The molecule has 13 heteroatoms. The molecule has 46 heavy (non-hydrogen) atoms. The topological polar surface area (TPSA) is 148 Å². The number of aryl methyl sites for hydroxylation is 1. The summed E-state index contributed by atoms with van der Waals surface area (Å²) in [5.74, 6) is 0.298. The van der Waals surface area contributed by atoms with Crippen LogP contribution in [0.5, 0.6) is 17.2 Å². The first kappa shape index (κ1) is 30.6. The lowest BCUT2D eigenvalue weighted by Gasteiger charge is -2.39. The third-order valence-electron chi connectivity index (χ3n) is 7.94. The molecule has 4 aromatic rings. The molecule has 1 fully saturated rings. The normalized spacial score (nSPS) is 18.9. The highest BCUT2D eigenvalue weighted by Gasteiger charge is 2.35. The molecule has 3 N–H and O–H groups in total. The molecular formula is C33H33FN6O6. The zero-order valence-corrected chi connectivity index (χ0v) is 25.1. The van der Waals surface area contributed by atoms with Crippen molar-refractivity contribution < 1.29 is 33.0 Å². The van der Waals surface area contributed by atoms with E-state index in [9.17, 15) is 18.8 Å². The van der Waals surface area contributed by atoms with Crippen molar-refractivity contribution in [3.63, 3.8) is 0 Å². The zero-order chi connectivity index (χ0) is 32.0. The minimum Gasteiger partial charge on any atom is -0.493 e. The third kappa shape index (κ3) is 7.25. The zero-order valence-electron chi connectivity index (χ0n) is 25.1. The number of benzene rings is 3. The van der Waals surface area contributed by atoms with Crippen LogP contribution in [-0.4, -0.2) is 76.8 Å². The average Bonchev–Trinajstić information content (AvgIpc) is 3.61. The van der Waals surface area contributed by atoms with E-state index in [2.05, 4.69) is 25.8 Å². The van der Waals surface area contributed by atoms with E-state index >= 15 is 0 Å². The number of amides is 3. The summed E-state index contributed by atoms with van der Waals surface area (Å²) < 4.78 is 32.1. The van der Waals surface area contributed by atoms with Crippen LogP contribution >= 0.6 is 0 Å². The minimum atomic E-state index is -0.638. The Labute approximate surface area is 264 Å². The van der Waals surface area contributed by atoms with Gasteiger partial charge in [-0.25, -0.2) is 9.37 Å². The van der Waals surface area contributed by atoms with Crippen molar-refractivity contribution in [1.82, 2.24) is 30.7 Å². The molecule has 0 unspecified atom stereocenters. The van der Waals surface area contributed by atoms with E-state index in [-0.39, 0.29) is 43.7 Å². The van der Waals surface area contributed by atoms with Gasteiger partial charge in [0.25, 0.3) is 11.8 Å². The number of carbonyl (C=O) groups excluding carboxylic acids is 3. The molecule has 4 bridgehead atoms. The summed E-state index contributed by atoms with van der Waals surface area (Å²) in [4.78, 5) is 45.1. The van der Waals surface area contributed by atoms with Gasteiger partial charge in [0.05, 0.1) is 13.2 Å². The van der Waals surface area contributed by atoms with Gasteiger partial charge in [0.15, 0.2) is 23.9 Å². The van der Waals surface area contributed by atoms with Crippen LogP contribution in [0.1, 0.15) is 34.3 Å². The van der Waals surface area contributed by atoms with Crippen LogP contribution in [0.15, 0.2) is 67.0 Å². The quantitative estimate of drug-likeness (QED) is 0.314. The van der Waals surface area contributed by atoms with Crippen molar-refractivity contribution >= 4 is 17.7 Å². The summed E-state index contributed by atoms with van der Waals surface area (Å²) >= 11 is 0. The molecule has 0 saturated carbocycles. The molecule has 3 amide bonds. The molecule has 1 aromatic heterocycles. The molecule has 6 rings (SSSR count). The molecule has 0 radical (unpaired) electrons. The number of hydrogen-bond acceptors (Lipinski definition) is 8. The van der Waals surface area contributed by atoms with E-state index in [0.29, 0.717) is 47.8 Å². The van der Waals surface area contributed by atoms with Crippen molar-refractivity contribution in [1.29, 1.82) is 0 Å². The number of fused-ring (bicyclic) bond motifs is 5. The Morgan fingerprint density at radius 3 is 2.65 bits per heavy atom. The van der Waals surface area contributed by atoms with E-state index in [0.717, 1.165) is 11.1 Å². The Morgan fingerprint density at radius 2 is 1.87 bits per heavy atom. The number of piperidine rings is 1. The number of nitrogens with zero attached hydrogens (tertiary/aromatic N) is 3. The van der Waals surface area contributed by atoms with Gasteiger partial charge in [-0.2, -0.15) is 5.10 Å². The van der Waals surface area contributed by atoms with Crippen LogP contribution in [0.25, 0.3) is 11.4 Å². The lowest BCUT2D eigenvalue weighted by atomic mass is 10.00. The number of H-pyrrole nitrogens is 1. The van der Waals surface area contributed by atoms with E-state index in [4.69, 9.17) is 14.2 Å². The summed E-state index contributed by atoms with van der Waals surface area (Å²) in [5.41, 5.74) is 2.62. The van der Waals surface area contributed by atoms with Crippen LogP contribution in [0.4, 0.5) is 4.39 Å². The van der Waals surface area contributed by atoms with Crippen LogP contribution in [0.3, 0.4) is 0 Å². The molecule has 238 valence electrons. The fourth-order valence-corrected chi connectivity index (χ4v) is 5.59. The highest BCUT2D eigenvalue weighted by molar-refractivity contribution is 5.94. The second-order valence-electron chi connectivity index (χ2n) is 11.1. The van der Waals surface area contributed by atoms with Gasteiger partial charge < -0.3 is 29.7 Å². The molecule has 2 aliphatic heterocycles. The van der Waals surface area contributed by atoms with Gasteiger partial charge in [-0.1, -0.05) is 18.2 Å². The van der Waals surface area contributed by atoms with Gasteiger partial charge in [0.1, 0.15) is 24.0 Å². The number of aromatic nitrogens is 3. The summed E-state index contributed by atoms with van der Waals surface area (Å²) in [6, 6.07) is 15.9.